The maximum Gasteiger partial charge on any atom is 0.0860 e. The molecule has 0 bridgehead atoms. The number of aryl methyl sites for hydroxylation is 2. The number of rotatable bonds is 5. The summed E-state index contributed by atoms with van der Waals surface area (Å²) >= 11 is 11.1. The lowest BCUT2D eigenvalue weighted by atomic mass is 10.2. The molecular weight excluding hydrogens is 256 g/mol. The molecule has 1 heterocycles. The molecule has 0 aliphatic rings. The van der Waals surface area contributed by atoms with E-state index in [2.05, 4.69) is 16.9 Å². The zero-order valence-corrected chi connectivity index (χ0v) is 12.3. The van der Waals surface area contributed by atoms with Crippen molar-refractivity contribution in [2.45, 2.75) is 32.9 Å². The van der Waals surface area contributed by atoms with Crippen LogP contribution in [0.5, 0.6) is 0 Å². The van der Waals surface area contributed by atoms with Gasteiger partial charge in [-0.25, -0.2) is 0 Å². The summed E-state index contributed by atoms with van der Waals surface area (Å²) in [6.07, 6.45) is 0.709. The van der Waals surface area contributed by atoms with Crippen LogP contribution in [0.4, 0.5) is 0 Å². The minimum absolute atomic E-state index is 0.291. The second-order valence-corrected chi connectivity index (χ2v) is 5.31. The average Bonchev–Trinajstić information content (AvgIpc) is 2.44. The molecule has 1 unspecified atom stereocenters. The fourth-order valence-corrected chi connectivity index (χ4v) is 2.15. The Morgan fingerprint density at radius 2 is 2.24 bits per heavy atom. The van der Waals surface area contributed by atoms with Crippen LogP contribution in [0.15, 0.2) is 0 Å². The number of nitrogens with zero attached hydrogens (tertiary/aromatic N) is 3. The molecule has 1 atom stereocenters. The molecule has 0 aliphatic heterocycles. The summed E-state index contributed by atoms with van der Waals surface area (Å²) < 4.78 is 1.82. The summed E-state index contributed by atoms with van der Waals surface area (Å²) in [5.74, 6) is 0. The number of halogens is 1. The Morgan fingerprint density at radius 3 is 2.65 bits per heavy atom. The van der Waals surface area contributed by atoms with Gasteiger partial charge in [0.15, 0.2) is 0 Å². The summed E-state index contributed by atoms with van der Waals surface area (Å²) in [7, 11) is 3.93. The van der Waals surface area contributed by atoms with E-state index in [1.165, 1.54) is 0 Å². The first-order valence-electron chi connectivity index (χ1n) is 5.49. The molecule has 0 saturated carbocycles. The third-order valence-corrected chi connectivity index (χ3v) is 3.57. The van der Waals surface area contributed by atoms with Crippen molar-refractivity contribution < 1.29 is 0 Å². The topological polar surface area (TPSA) is 47.1 Å². The summed E-state index contributed by atoms with van der Waals surface area (Å²) in [6, 6.07) is 0.291. The SMILES string of the molecule is Cc1nn(C)c(CN(C)C(C)CC(N)=S)c1Cl. The maximum absolute atomic E-state index is 6.21. The number of nitrogens with two attached hydrogens (primary N) is 1. The normalized spacial score (nSPS) is 13.1. The highest BCUT2D eigenvalue weighted by Crippen LogP contribution is 2.21. The summed E-state index contributed by atoms with van der Waals surface area (Å²) in [5.41, 5.74) is 7.43. The lowest BCUT2D eigenvalue weighted by Gasteiger charge is -2.24. The van der Waals surface area contributed by atoms with Gasteiger partial charge in [0.05, 0.1) is 21.4 Å². The van der Waals surface area contributed by atoms with Crippen molar-refractivity contribution in [2.75, 3.05) is 7.05 Å². The molecule has 0 saturated heterocycles. The van der Waals surface area contributed by atoms with Crippen molar-refractivity contribution >= 4 is 28.8 Å². The van der Waals surface area contributed by atoms with E-state index in [0.29, 0.717) is 17.5 Å². The first-order chi connectivity index (χ1) is 7.82. The van der Waals surface area contributed by atoms with Crippen LogP contribution in [-0.2, 0) is 13.6 Å². The minimum atomic E-state index is 0.291. The zero-order chi connectivity index (χ0) is 13.2. The van der Waals surface area contributed by atoms with Gasteiger partial charge >= 0.3 is 0 Å². The Bertz CT molecular complexity index is 416. The molecule has 17 heavy (non-hydrogen) atoms. The molecule has 1 aromatic heterocycles. The van der Waals surface area contributed by atoms with Gasteiger partial charge in [-0.1, -0.05) is 23.8 Å². The number of thiocarbonyl (C=S) groups is 1. The molecule has 1 rings (SSSR count). The number of hydrogen-bond acceptors (Lipinski definition) is 3. The molecule has 0 radical (unpaired) electrons. The third-order valence-electron chi connectivity index (χ3n) is 2.91. The highest BCUT2D eigenvalue weighted by atomic mass is 35.5. The van der Waals surface area contributed by atoms with Gasteiger partial charge in [0, 0.05) is 26.1 Å². The van der Waals surface area contributed by atoms with Crippen molar-refractivity contribution in [1.82, 2.24) is 14.7 Å². The lowest BCUT2D eigenvalue weighted by molar-refractivity contribution is 0.249. The van der Waals surface area contributed by atoms with Crippen molar-refractivity contribution in [1.29, 1.82) is 0 Å². The Kier molecular flexibility index (Phi) is 4.91. The summed E-state index contributed by atoms with van der Waals surface area (Å²) in [4.78, 5) is 2.71. The van der Waals surface area contributed by atoms with Crippen LogP contribution in [0.25, 0.3) is 0 Å². The molecule has 4 nitrogen and oxygen atoms in total. The van der Waals surface area contributed by atoms with Crippen LogP contribution >= 0.6 is 23.8 Å². The molecule has 2 N–H and O–H groups in total. The standard InChI is InChI=1S/C11H19ClN4S/c1-7(5-10(13)17)15(3)6-9-11(12)8(2)14-16(9)4/h7H,5-6H2,1-4H3,(H2,13,17). The van der Waals surface area contributed by atoms with Gasteiger partial charge in [0.1, 0.15) is 0 Å². The molecular formula is C11H19ClN4S. The predicted octanol–water partition coefficient (Wildman–Crippen LogP) is 1.88. The molecule has 0 spiro atoms. The number of aromatic nitrogens is 2. The molecule has 6 heteroatoms. The Hall–Kier alpha value is -0.650. The van der Waals surface area contributed by atoms with E-state index in [4.69, 9.17) is 29.6 Å². The van der Waals surface area contributed by atoms with Gasteiger partial charge < -0.3 is 5.73 Å². The quantitative estimate of drug-likeness (QED) is 0.833. The van der Waals surface area contributed by atoms with Crippen molar-refractivity contribution in [3.05, 3.63) is 16.4 Å². The molecule has 96 valence electrons. The van der Waals surface area contributed by atoms with Crippen LogP contribution < -0.4 is 5.73 Å². The monoisotopic (exact) mass is 274 g/mol. The average molecular weight is 275 g/mol. The van der Waals surface area contributed by atoms with E-state index < -0.39 is 0 Å². The van der Waals surface area contributed by atoms with Gasteiger partial charge in [-0.05, 0) is 20.9 Å². The molecule has 1 aromatic rings. The highest BCUT2D eigenvalue weighted by molar-refractivity contribution is 7.80. The fourth-order valence-electron chi connectivity index (χ4n) is 1.69. The van der Waals surface area contributed by atoms with Crippen molar-refractivity contribution in [3.8, 4) is 0 Å². The van der Waals surface area contributed by atoms with E-state index in [-0.39, 0.29) is 0 Å². The Morgan fingerprint density at radius 1 is 1.65 bits per heavy atom. The van der Waals surface area contributed by atoms with Crippen LogP contribution in [0.3, 0.4) is 0 Å². The van der Waals surface area contributed by atoms with Crippen LogP contribution in [0, 0.1) is 6.92 Å². The van der Waals surface area contributed by atoms with Gasteiger partial charge in [-0.2, -0.15) is 5.10 Å². The molecule has 0 aliphatic carbocycles. The summed E-state index contributed by atoms with van der Waals surface area (Å²) in [6.45, 7) is 4.74. The Labute approximate surface area is 113 Å². The van der Waals surface area contributed by atoms with E-state index in [0.717, 1.165) is 23.0 Å². The van der Waals surface area contributed by atoms with Crippen molar-refractivity contribution in [3.63, 3.8) is 0 Å². The molecule has 0 fully saturated rings. The minimum Gasteiger partial charge on any atom is -0.393 e. The summed E-state index contributed by atoms with van der Waals surface area (Å²) in [5, 5.41) is 5.03. The van der Waals surface area contributed by atoms with Gasteiger partial charge in [0.25, 0.3) is 0 Å². The third kappa shape index (κ3) is 3.66. The maximum atomic E-state index is 6.21. The first-order valence-corrected chi connectivity index (χ1v) is 6.28. The lowest BCUT2D eigenvalue weighted by Crippen LogP contribution is -2.32. The smallest absolute Gasteiger partial charge is 0.0860 e. The number of hydrogen-bond donors (Lipinski definition) is 1. The van der Waals surface area contributed by atoms with Crippen molar-refractivity contribution in [2.24, 2.45) is 12.8 Å². The highest BCUT2D eigenvalue weighted by Gasteiger charge is 2.16. The first kappa shape index (κ1) is 14.4. The second-order valence-electron chi connectivity index (χ2n) is 4.40. The van der Waals surface area contributed by atoms with E-state index in [9.17, 15) is 0 Å². The Balaban J connectivity index is 2.73. The van der Waals surface area contributed by atoms with E-state index in [1.54, 1.807) is 0 Å². The predicted molar refractivity (Wildman–Crippen MR) is 75.3 cm³/mol. The van der Waals surface area contributed by atoms with Crippen LogP contribution in [0.2, 0.25) is 5.02 Å². The van der Waals surface area contributed by atoms with E-state index in [1.807, 2.05) is 25.7 Å². The van der Waals surface area contributed by atoms with Gasteiger partial charge in [0.2, 0.25) is 0 Å². The zero-order valence-electron chi connectivity index (χ0n) is 10.7. The largest absolute Gasteiger partial charge is 0.393 e. The van der Waals surface area contributed by atoms with E-state index >= 15 is 0 Å². The van der Waals surface area contributed by atoms with Crippen LogP contribution in [-0.4, -0.2) is 32.8 Å². The second kappa shape index (κ2) is 5.80. The van der Waals surface area contributed by atoms with Gasteiger partial charge in [-0.3, -0.25) is 9.58 Å². The fraction of sp³-hybridized carbons (Fsp3) is 0.636. The molecule has 0 amide bonds. The van der Waals surface area contributed by atoms with Gasteiger partial charge in [-0.15, -0.1) is 0 Å². The molecule has 0 aromatic carbocycles. The van der Waals surface area contributed by atoms with Crippen LogP contribution in [0.1, 0.15) is 24.7 Å².